The Bertz CT molecular complexity index is 877. The number of rotatable bonds is 2. The van der Waals surface area contributed by atoms with Crippen LogP contribution in [0.15, 0.2) is 24.3 Å². The molecule has 2 fully saturated rings. The van der Waals surface area contributed by atoms with Crippen molar-refractivity contribution in [1.82, 2.24) is 14.7 Å². The number of carbonyl (C=O) groups excluding carboxylic acids is 4. The van der Waals surface area contributed by atoms with Crippen LogP contribution in [0, 0.1) is 0 Å². The van der Waals surface area contributed by atoms with Crippen LogP contribution in [0.4, 0.5) is 0 Å². The molecule has 3 heterocycles. The highest BCUT2D eigenvalue weighted by Gasteiger charge is 2.43. The first-order chi connectivity index (χ1) is 14.4. The van der Waals surface area contributed by atoms with Gasteiger partial charge in [-0.3, -0.25) is 19.2 Å². The van der Waals surface area contributed by atoms with E-state index in [4.69, 9.17) is 4.74 Å². The molecule has 0 radical (unpaired) electrons. The number of para-hydroxylation sites is 1. The number of ketones is 1. The maximum Gasteiger partial charge on any atom is 0.242 e. The van der Waals surface area contributed by atoms with Gasteiger partial charge in [-0.2, -0.15) is 0 Å². The van der Waals surface area contributed by atoms with Crippen LogP contribution in [0.5, 0.6) is 5.75 Å². The summed E-state index contributed by atoms with van der Waals surface area (Å²) in [6.07, 6.45) is 1.49. The Morgan fingerprint density at radius 3 is 2.43 bits per heavy atom. The van der Waals surface area contributed by atoms with Crippen molar-refractivity contribution in [1.29, 1.82) is 0 Å². The Balaban J connectivity index is 1.38. The smallest absolute Gasteiger partial charge is 0.242 e. The van der Waals surface area contributed by atoms with Crippen LogP contribution in [0.3, 0.4) is 0 Å². The van der Waals surface area contributed by atoms with E-state index < -0.39 is 5.60 Å². The fourth-order valence-corrected chi connectivity index (χ4v) is 4.50. The molecular weight excluding hydrogens is 386 g/mol. The molecule has 160 valence electrons. The highest BCUT2D eigenvalue weighted by atomic mass is 16.5. The van der Waals surface area contributed by atoms with Crippen LogP contribution in [-0.2, 0) is 14.4 Å². The number of amides is 3. The monoisotopic (exact) mass is 413 g/mol. The summed E-state index contributed by atoms with van der Waals surface area (Å²) in [7, 11) is 0. The van der Waals surface area contributed by atoms with Crippen molar-refractivity contribution in [3.63, 3.8) is 0 Å². The van der Waals surface area contributed by atoms with E-state index in [1.165, 1.54) is 6.92 Å². The summed E-state index contributed by atoms with van der Waals surface area (Å²) in [6, 6.07) is 7.22. The second-order valence-electron chi connectivity index (χ2n) is 8.33. The topological polar surface area (TPSA) is 87.2 Å². The van der Waals surface area contributed by atoms with Crippen molar-refractivity contribution < 1.29 is 23.9 Å². The van der Waals surface area contributed by atoms with E-state index in [0.29, 0.717) is 56.9 Å². The highest BCUT2D eigenvalue weighted by molar-refractivity contribution is 6.00. The predicted molar refractivity (Wildman–Crippen MR) is 108 cm³/mol. The Labute approximate surface area is 175 Å². The summed E-state index contributed by atoms with van der Waals surface area (Å²) in [5.41, 5.74) is -0.0955. The van der Waals surface area contributed by atoms with E-state index >= 15 is 0 Å². The average molecular weight is 413 g/mol. The molecule has 8 nitrogen and oxygen atoms in total. The van der Waals surface area contributed by atoms with E-state index in [2.05, 4.69) is 0 Å². The van der Waals surface area contributed by atoms with E-state index in [1.54, 1.807) is 26.8 Å². The number of carbonyl (C=O) groups is 4. The summed E-state index contributed by atoms with van der Waals surface area (Å²) < 4.78 is 6.23. The minimum absolute atomic E-state index is 0.0127. The van der Waals surface area contributed by atoms with E-state index in [1.807, 2.05) is 12.1 Å². The fraction of sp³-hybridized carbons (Fsp3) is 0.545. The second-order valence-corrected chi connectivity index (χ2v) is 8.33. The molecule has 8 heteroatoms. The van der Waals surface area contributed by atoms with Gasteiger partial charge in [0.05, 0.1) is 18.5 Å². The number of hydrogen-bond acceptors (Lipinski definition) is 5. The summed E-state index contributed by atoms with van der Waals surface area (Å²) in [6.45, 7) is 3.95. The molecule has 0 aliphatic carbocycles. The summed E-state index contributed by atoms with van der Waals surface area (Å²) in [4.78, 5) is 54.5. The van der Waals surface area contributed by atoms with Gasteiger partial charge < -0.3 is 19.4 Å². The molecule has 1 aromatic rings. The van der Waals surface area contributed by atoms with E-state index in [-0.39, 0.29) is 42.9 Å². The lowest BCUT2D eigenvalue weighted by molar-refractivity contribution is -0.143. The third-order valence-corrected chi connectivity index (χ3v) is 6.39. The number of benzene rings is 1. The molecule has 1 unspecified atom stereocenters. The van der Waals surface area contributed by atoms with Crippen molar-refractivity contribution in [3.05, 3.63) is 29.8 Å². The van der Waals surface area contributed by atoms with Gasteiger partial charge >= 0.3 is 0 Å². The number of likely N-dealkylation sites (tertiary alicyclic amines) is 1. The van der Waals surface area contributed by atoms with Crippen molar-refractivity contribution in [2.75, 3.05) is 39.3 Å². The molecule has 3 amide bonds. The molecule has 0 N–H and O–H groups in total. The van der Waals surface area contributed by atoms with Crippen LogP contribution in [-0.4, -0.2) is 83.1 Å². The quantitative estimate of drug-likeness (QED) is 0.725. The average Bonchev–Trinajstić information content (AvgIpc) is 2.88. The van der Waals surface area contributed by atoms with Crippen LogP contribution < -0.4 is 4.74 Å². The largest absolute Gasteiger partial charge is 0.486 e. The summed E-state index contributed by atoms with van der Waals surface area (Å²) >= 11 is 0. The molecule has 3 aliphatic heterocycles. The van der Waals surface area contributed by atoms with Crippen molar-refractivity contribution in [2.45, 2.75) is 38.2 Å². The van der Waals surface area contributed by atoms with Gasteiger partial charge in [0.15, 0.2) is 5.78 Å². The lowest BCUT2D eigenvalue weighted by Gasteiger charge is -2.37. The normalized spacial score (nSPS) is 24.4. The first-order valence-electron chi connectivity index (χ1n) is 10.5. The highest BCUT2D eigenvalue weighted by Crippen LogP contribution is 2.39. The molecule has 0 aromatic heterocycles. The first-order valence-corrected chi connectivity index (χ1v) is 10.5. The lowest BCUT2D eigenvalue weighted by atomic mass is 9.84. The Morgan fingerprint density at radius 1 is 1.00 bits per heavy atom. The molecule has 1 aromatic carbocycles. The summed E-state index contributed by atoms with van der Waals surface area (Å²) in [5, 5.41) is 0. The van der Waals surface area contributed by atoms with Gasteiger partial charge in [0, 0.05) is 52.5 Å². The molecule has 1 spiro atoms. The zero-order valence-corrected chi connectivity index (χ0v) is 17.3. The van der Waals surface area contributed by atoms with Crippen LogP contribution in [0.1, 0.15) is 43.0 Å². The minimum atomic E-state index is -0.688. The number of Topliss-reactive ketones (excluding diaryl/α,β-unsaturated/α-hetero) is 1. The zero-order chi connectivity index (χ0) is 21.3. The molecule has 3 aliphatic rings. The predicted octanol–water partition coefficient (Wildman–Crippen LogP) is 1.09. The van der Waals surface area contributed by atoms with E-state index in [9.17, 15) is 19.2 Å². The van der Waals surface area contributed by atoms with Gasteiger partial charge in [-0.15, -0.1) is 0 Å². The van der Waals surface area contributed by atoms with Crippen molar-refractivity contribution in [3.8, 4) is 5.75 Å². The molecule has 30 heavy (non-hydrogen) atoms. The Hall–Kier alpha value is -2.90. The van der Waals surface area contributed by atoms with E-state index in [0.717, 1.165) is 0 Å². The van der Waals surface area contributed by atoms with Gasteiger partial charge in [0.1, 0.15) is 11.4 Å². The van der Waals surface area contributed by atoms with Crippen molar-refractivity contribution in [2.24, 2.45) is 0 Å². The van der Waals surface area contributed by atoms with Gasteiger partial charge in [0.2, 0.25) is 17.7 Å². The zero-order valence-electron chi connectivity index (χ0n) is 17.3. The van der Waals surface area contributed by atoms with Gasteiger partial charge in [-0.05, 0) is 18.6 Å². The third-order valence-electron chi connectivity index (χ3n) is 6.39. The Kier molecular flexibility index (Phi) is 5.49. The van der Waals surface area contributed by atoms with Crippen LogP contribution >= 0.6 is 0 Å². The van der Waals surface area contributed by atoms with Gasteiger partial charge in [-0.25, -0.2) is 0 Å². The number of hydrogen-bond donors (Lipinski definition) is 0. The third kappa shape index (κ3) is 4.04. The molecule has 2 saturated heterocycles. The van der Waals surface area contributed by atoms with Crippen LogP contribution in [0.2, 0.25) is 0 Å². The standard InChI is InChI=1S/C22H27N3O5/c1-16(26)23-10-12-24(13-11-23)21(29)15-25-9-8-22(7-6-20(25)28)14-18(27)17-4-2-3-5-19(17)30-22/h2-5H,6-15H2,1H3. The second kappa shape index (κ2) is 8.08. The molecule has 4 rings (SSSR count). The SMILES string of the molecule is CC(=O)N1CCN(C(=O)CN2CCC3(CCC2=O)CC(=O)c2ccccc2O3)CC1. The molecule has 0 saturated carbocycles. The maximum absolute atomic E-state index is 12.7. The van der Waals surface area contributed by atoms with Gasteiger partial charge in [-0.1, -0.05) is 12.1 Å². The lowest BCUT2D eigenvalue weighted by Crippen LogP contribution is -2.52. The van der Waals surface area contributed by atoms with Gasteiger partial charge in [0.25, 0.3) is 0 Å². The number of nitrogens with zero attached hydrogens (tertiary/aromatic N) is 3. The number of ether oxygens (including phenoxy) is 1. The molecule has 1 atom stereocenters. The first kappa shape index (κ1) is 20.4. The minimum Gasteiger partial charge on any atom is -0.486 e. The number of fused-ring (bicyclic) bond motifs is 1. The molecular formula is C22H27N3O5. The Morgan fingerprint density at radius 2 is 1.70 bits per heavy atom. The maximum atomic E-state index is 12.7. The van der Waals surface area contributed by atoms with Crippen molar-refractivity contribution >= 4 is 23.5 Å². The number of piperazine rings is 1. The molecule has 0 bridgehead atoms. The fourth-order valence-electron chi connectivity index (χ4n) is 4.50. The van der Waals surface area contributed by atoms with Crippen LogP contribution in [0.25, 0.3) is 0 Å². The summed E-state index contributed by atoms with van der Waals surface area (Å²) in [5.74, 6) is 0.441.